The van der Waals surface area contributed by atoms with E-state index in [1.165, 1.54) is 59.2 Å². The second kappa shape index (κ2) is 38.4. The number of halogens is 8. The fourth-order valence-corrected chi connectivity index (χ4v) is 15.2. The minimum atomic E-state index is -5.46. The van der Waals surface area contributed by atoms with Crippen molar-refractivity contribution in [3.8, 4) is 0 Å². The molecule has 7 rings (SSSR count). The van der Waals surface area contributed by atoms with Crippen molar-refractivity contribution in [2.45, 2.75) is 209 Å². The summed E-state index contributed by atoms with van der Waals surface area (Å²) in [6, 6.07) is -7.42. The topological polar surface area (TPSA) is 289 Å². The number of methoxy groups -OCH3 is 1. The summed E-state index contributed by atoms with van der Waals surface area (Å²) in [7, 11) is 10.7. The molecule has 3 heterocycles. The molecule has 110 heavy (non-hydrogen) atoms. The molecule has 0 unspecified atom stereocenters. The highest BCUT2D eigenvalue weighted by atomic mass is 19.4. The lowest BCUT2D eigenvalue weighted by Gasteiger charge is -2.46. The van der Waals surface area contributed by atoms with Gasteiger partial charge in [0.05, 0.1) is 37.8 Å². The molecule has 2 saturated heterocycles. The molecule has 0 aromatic heterocycles. The van der Waals surface area contributed by atoms with E-state index in [9.17, 15) is 55.1 Å². The molecular weight excluding hydrogens is 1460 g/mol. The fraction of sp³-hybridized carbons (Fsp3) is 0.658. The van der Waals surface area contributed by atoms with Crippen LogP contribution in [0.15, 0.2) is 48.6 Å². The Bertz CT molecular complexity index is 3670. The monoisotopic (exact) mass is 1560 g/mol. The molecule has 2 aliphatic carbocycles. The van der Waals surface area contributed by atoms with Gasteiger partial charge < -0.3 is 69.5 Å². The molecule has 4 fully saturated rings. The fourth-order valence-electron chi connectivity index (χ4n) is 15.2. The Balaban J connectivity index is 1.36. The third-order valence-corrected chi connectivity index (χ3v) is 22.2. The summed E-state index contributed by atoms with van der Waals surface area (Å²) < 4.78 is 125. The molecule has 12 amide bonds. The SMILES string of the molecule is CCC[C@H]1C(=O)N[C@@H]([C@@H](C)CC)C(=O)N(C)CC(=O)N(C)[C@H]2C/C=C\CCN(C2=O)[C@@H](Cc2ccc(C(F)(F)F)cc2)C(=O)N(C)CC(=O)N[C@@H](CCc2cc(F)c(C(F)(F)F)c(F)c2)C(=O)N2C[C@H](OCC)C[C@H]2C(=O)NC2(CCC2)C(=O)N(C)[C@@H](C2CCCC2)C(=O)N(C)[C@H](C(=O)N(C)CCOC)CC(=O)N1C. The van der Waals surface area contributed by atoms with Crippen molar-refractivity contribution in [2.75, 3.05) is 102 Å². The van der Waals surface area contributed by atoms with Gasteiger partial charge in [-0.1, -0.05) is 70.7 Å². The zero-order chi connectivity index (χ0) is 81.6. The standard InChI is InChI=1S/C76H106F8N12O14/c1-13-22-54-65(100)86-63(45(4)14-2)71(106)90(7)44-61(99)92(9)55-25-17-16-20-34-95(70(55)105)58(39-46-26-29-49(30-27-46)75(79,80)81)69(104)89(6)43-59(97)85-53(31-28-47-37-51(77)62(52(78)38-47)76(82,83)84)67(102)96-42-50(110-15-3)40-56(96)66(101)87-74(32-21-33-74)73(108)94(11)64(48-23-18-19-24-48)72(107)93(10)57(41-60(98)91(54)8)68(103)88(5)35-36-109-12/h16-17,26-27,29-30,37-38,45,48,50,53-58,63-64H,13-15,18-25,28,31-36,39-44H2,1-12H3,(H,85,97)(H,86,100)(H,87,101)/b17-16-/t45-,50+,53-,54-,55-,56-,57-,58-,63-,64-/m0/s1. The number of hydrogen-bond donors (Lipinski definition) is 3. The first-order valence-corrected chi connectivity index (χ1v) is 37.5. The van der Waals surface area contributed by atoms with Gasteiger partial charge in [0.15, 0.2) is 0 Å². The zero-order valence-corrected chi connectivity index (χ0v) is 64.7. The highest BCUT2D eigenvalue weighted by molar-refractivity contribution is 6.01. The van der Waals surface area contributed by atoms with E-state index in [0.717, 1.165) is 65.6 Å². The van der Waals surface area contributed by atoms with E-state index in [1.54, 1.807) is 39.8 Å². The van der Waals surface area contributed by atoms with Gasteiger partial charge in [-0.25, -0.2) is 8.78 Å². The molecule has 3 aliphatic heterocycles. The summed E-state index contributed by atoms with van der Waals surface area (Å²) >= 11 is 0. The number of benzene rings is 2. The molecule has 3 N–H and O–H groups in total. The van der Waals surface area contributed by atoms with Crippen LogP contribution in [0.5, 0.6) is 0 Å². The van der Waals surface area contributed by atoms with Crippen molar-refractivity contribution in [2.24, 2.45) is 11.8 Å². The van der Waals surface area contributed by atoms with Crippen LogP contribution in [0, 0.1) is 23.5 Å². The second-order valence-corrected chi connectivity index (χ2v) is 29.7. The number of nitrogens with zero attached hydrogens (tertiary/aromatic N) is 9. The maximum atomic E-state index is 15.6. The van der Waals surface area contributed by atoms with Crippen LogP contribution in [-0.4, -0.2) is 277 Å². The summed E-state index contributed by atoms with van der Waals surface area (Å²) in [6.45, 7) is 4.70. The normalized spacial score (nSPS) is 25.8. The first-order valence-electron chi connectivity index (χ1n) is 37.5. The van der Waals surface area contributed by atoms with Crippen LogP contribution in [0.1, 0.15) is 146 Å². The van der Waals surface area contributed by atoms with E-state index >= 15 is 37.5 Å². The quantitative estimate of drug-likeness (QED) is 0.138. The highest BCUT2D eigenvalue weighted by Gasteiger charge is 2.54. The molecular formula is C76H106F8N12O14. The van der Waals surface area contributed by atoms with Gasteiger partial charge in [0, 0.05) is 95.5 Å². The molecule has 2 aromatic carbocycles. The molecule has 26 nitrogen and oxygen atoms in total. The van der Waals surface area contributed by atoms with Crippen molar-refractivity contribution in [1.82, 2.24) is 60.0 Å². The van der Waals surface area contributed by atoms with Crippen LogP contribution in [-0.2, 0) is 92.2 Å². The first kappa shape index (κ1) is 88.4. The van der Waals surface area contributed by atoms with E-state index < -0.39 is 222 Å². The molecule has 2 saturated carbocycles. The Kier molecular flexibility index (Phi) is 30.9. The van der Waals surface area contributed by atoms with Crippen LogP contribution >= 0.6 is 0 Å². The average molecular weight is 1560 g/mol. The Labute approximate surface area is 636 Å². The van der Waals surface area contributed by atoms with E-state index in [-0.39, 0.29) is 76.9 Å². The third kappa shape index (κ3) is 21.2. The summed E-state index contributed by atoms with van der Waals surface area (Å²) in [5, 5.41) is 8.26. The largest absolute Gasteiger partial charge is 0.422 e. The number of carbonyl (C=O) groups is 12. The number of alkyl halides is 6. The molecule has 2 bridgehead atoms. The van der Waals surface area contributed by atoms with Crippen LogP contribution in [0.2, 0.25) is 0 Å². The highest BCUT2D eigenvalue weighted by Crippen LogP contribution is 2.40. The molecule has 610 valence electrons. The number of fused-ring (bicyclic) bond motifs is 3. The van der Waals surface area contributed by atoms with Crippen molar-refractivity contribution >= 4 is 70.9 Å². The van der Waals surface area contributed by atoms with Gasteiger partial charge in [-0.15, -0.1) is 0 Å². The molecule has 2 aromatic rings. The van der Waals surface area contributed by atoms with Gasteiger partial charge in [0.25, 0.3) is 0 Å². The van der Waals surface area contributed by atoms with Crippen molar-refractivity contribution < 1.29 is 102 Å². The lowest BCUT2D eigenvalue weighted by molar-refractivity contribution is -0.158. The van der Waals surface area contributed by atoms with Crippen LogP contribution in [0.3, 0.4) is 0 Å². The summed E-state index contributed by atoms with van der Waals surface area (Å²) in [5.74, 6) is -15.3. The predicted molar refractivity (Wildman–Crippen MR) is 385 cm³/mol. The number of ether oxygens (including phenoxy) is 2. The Morgan fingerprint density at radius 1 is 0.682 bits per heavy atom. The number of nitrogens with one attached hydrogen (secondary N) is 3. The summed E-state index contributed by atoms with van der Waals surface area (Å²) in [6.07, 6.45) is -7.26. The zero-order valence-electron chi connectivity index (χ0n) is 64.7. The van der Waals surface area contributed by atoms with E-state index in [4.69, 9.17) is 9.47 Å². The maximum Gasteiger partial charge on any atom is 0.422 e. The van der Waals surface area contributed by atoms with Gasteiger partial charge >= 0.3 is 12.4 Å². The van der Waals surface area contributed by atoms with Gasteiger partial charge in [0.2, 0.25) is 70.9 Å². The van der Waals surface area contributed by atoms with Crippen LogP contribution in [0.25, 0.3) is 0 Å². The summed E-state index contributed by atoms with van der Waals surface area (Å²) in [5.41, 5.74) is -5.27. The smallest absolute Gasteiger partial charge is 0.383 e. The predicted octanol–water partition coefficient (Wildman–Crippen LogP) is 5.51. The molecule has 34 heteroatoms. The molecule has 1 spiro atoms. The number of carbonyl (C=O) groups excluding carboxylic acids is 12. The Morgan fingerprint density at radius 2 is 1.32 bits per heavy atom. The van der Waals surface area contributed by atoms with Crippen molar-refractivity contribution in [3.63, 3.8) is 0 Å². The number of aryl methyl sites for hydroxylation is 1. The van der Waals surface area contributed by atoms with Crippen molar-refractivity contribution in [3.05, 3.63) is 82.4 Å². The maximum absolute atomic E-state index is 15.6. The molecule has 10 atom stereocenters. The lowest BCUT2D eigenvalue weighted by Crippen LogP contribution is -2.68. The van der Waals surface area contributed by atoms with Crippen LogP contribution < -0.4 is 16.0 Å². The second-order valence-electron chi connectivity index (χ2n) is 29.7. The Morgan fingerprint density at radius 3 is 1.89 bits per heavy atom. The summed E-state index contributed by atoms with van der Waals surface area (Å²) in [4.78, 5) is 191. The Hall–Kier alpha value is -8.82. The van der Waals surface area contributed by atoms with Gasteiger partial charge in [-0.3, -0.25) is 57.5 Å². The minimum absolute atomic E-state index is 0.00850. The lowest BCUT2D eigenvalue weighted by atomic mass is 9.74. The van der Waals surface area contributed by atoms with Crippen LogP contribution in [0.4, 0.5) is 35.1 Å². The number of hydrogen-bond acceptors (Lipinski definition) is 14. The van der Waals surface area contributed by atoms with E-state index in [2.05, 4.69) is 16.0 Å². The first-order chi connectivity index (χ1) is 51.7. The average Bonchev–Trinajstić information content (AvgIpc) is 1.09. The number of rotatable bonds is 16. The third-order valence-electron chi connectivity index (χ3n) is 22.2. The van der Waals surface area contributed by atoms with Gasteiger partial charge in [0.1, 0.15) is 71.1 Å². The van der Waals surface area contributed by atoms with Gasteiger partial charge in [-0.05, 0) is 118 Å². The van der Waals surface area contributed by atoms with E-state index in [0.29, 0.717) is 57.1 Å². The molecule has 5 aliphatic rings. The van der Waals surface area contributed by atoms with E-state index in [1.807, 2.05) is 0 Å². The van der Waals surface area contributed by atoms with Crippen molar-refractivity contribution in [1.29, 1.82) is 0 Å². The minimum Gasteiger partial charge on any atom is -0.383 e. The van der Waals surface area contributed by atoms with Gasteiger partial charge in [-0.2, -0.15) is 26.3 Å². The molecule has 0 radical (unpaired) electrons. The number of likely N-dealkylation sites (N-methyl/N-ethyl adjacent to an activating group) is 7. The number of amides is 12.